The number of hydrogen-bond donors (Lipinski definition) is 1. The molecule has 108 valence electrons. The third-order valence-electron chi connectivity index (χ3n) is 3.55. The Balaban J connectivity index is 1.87. The fourth-order valence-corrected chi connectivity index (χ4v) is 4.09. The Morgan fingerprint density at radius 1 is 1.05 bits per heavy atom. The average Bonchev–Trinajstić information content (AvgIpc) is 2.47. The molecule has 1 aliphatic heterocycles. The van der Waals surface area contributed by atoms with E-state index in [1.807, 2.05) is 6.07 Å². The highest BCUT2D eigenvalue weighted by Gasteiger charge is 2.23. The van der Waals surface area contributed by atoms with E-state index in [-0.39, 0.29) is 11.7 Å². The Hall–Kier alpha value is -2.14. The van der Waals surface area contributed by atoms with Crippen LogP contribution < -0.4 is 5.32 Å². The van der Waals surface area contributed by atoms with Crippen LogP contribution in [0.5, 0.6) is 0 Å². The zero-order chi connectivity index (χ0) is 14.9. The molecule has 1 N–H and O–H groups in total. The van der Waals surface area contributed by atoms with Gasteiger partial charge in [-0.2, -0.15) is 0 Å². The molecule has 0 aromatic heterocycles. The number of carbonyl (C=O) groups is 1. The number of aryl methyl sites for hydroxylation is 1. The molecule has 21 heavy (non-hydrogen) atoms. The van der Waals surface area contributed by atoms with E-state index >= 15 is 0 Å². The van der Waals surface area contributed by atoms with Gasteiger partial charge in [0.25, 0.3) is 5.91 Å². The molecule has 0 atom stereocenters. The van der Waals surface area contributed by atoms with Crippen molar-refractivity contribution in [1.82, 2.24) is 0 Å². The van der Waals surface area contributed by atoms with Crippen molar-refractivity contribution in [3.8, 4) is 0 Å². The maximum absolute atomic E-state index is 12.1. The SMILES string of the molecule is O=C(Nc1ccc2c(c1)CCCS2(=O)=O)c1ccccc1. The summed E-state index contributed by atoms with van der Waals surface area (Å²) in [6, 6.07) is 13.9. The second kappa shape index (κ2) is 5.33. The number of rotatable bonds is 2. The van der Waals surface area contributed by atoms with E-state index in [2.05, 4.69) is 5.32 Å². The average molecular weight is 301 g/mol. The molecule has 1 heterocycles. The van der Waals surface area contributed by atoms with Gasteiger partial charge in [-0.25, -0.2) is 8.42 Å². The number of fused-ring (bicyclic) bond motifs is 1. The number of hydrogen-bond acceptors (Lipinski definition) is 3. The molecule has 0 saturated heterocycles. The smallest absolute Gasteiger partial charge is 0.255 e. The van der Waals surface area contributed by atoms with Crippen LogP contribution in [0.4, 0.5) is 5.69 Å². The molecule has 2 aromatic carbocycles. The number of anilines is 1. The van der Waals surface area contributed by atoms with Gasteiger partial charge >= 0.3 is 0 Å². The summed E-state index contributed by atoms with van der Waals surface area (Å²) in [5.41, 5.74) is 1.98. The van der Waals surface area contributed by atoms with E-state index in [0.29, 0.717) is 22.6 Å². The summed E-state index contributed by atoms with van der Waals surface area (Å²) in [5.74, 6) is 0.00429. The van der Waals surface area contributed by atoms with Gasteiger partial charge in [0.2, 0.25) is 0 Å². The first kappa shape index (κ1) is 13.8. The summed E-state index contributed by atoms with van der Waals surface area (Å²) in [4.78, 5) is 12.5. The van der Waals surface area contributed by atoms with Crippen LogP contribution in [0.25, 0.3) is 0 Å². The Labute approximate surface area is 123 Å². The summed E-state index contributed by atoms with van der Waals surface area (Å²) in [6.07, 6.45) is 1.36. The zero-order valence-electron chi connectivity index (χ0n) is 11.4. The Kier molecular flexibility index (Phi) is 3.51. The maximum atomic E-state index is 12.1. The molecule has 0 radical (unpaired) electrons. The van der Waals surface area contributed by atoms with E-state index in [4.69, 9.17) is 0 Å². The van der Waals surface area contributed by atoms with Crippen LogP contribution in [0, 0.1) is 0 Å². The Morgan fingerprint density at radius 2 is 1.81 bits per heavy atom. The number of amides is 1. The van der Waals surface area contributed by atoms with Gasteiger partial charge in [0.05, 0.1) is 10.6 Å². The number of sulfone groups is 1. The molecule has 3 rings (SSSR count). The van der Waals surface area contributed by atoms with E-state index in [0.717, 1.165) is 12.0 Å². The van der Waals surface area contributed by atoms with Crippen molar-refractivity contribution in [3.63, 3.8) is 0 Å². The molecule has 0 spiro atoms. The van der Waals surface area contributed by atoms with Crippen molar-refractivity contribution in [2.45, 2.75) is 17.7 Å². The van der Waals surface area contributed by atoms with Gasteiger partial charge in [-0.1, -0.05) is 18.2 Å². The number of carbonyl (C=O) groups excluding carboxylic acids is 1. The van der Waals surface area contributed by atoms with Crippen LogP contribution in [0.3, 0.4) is 0 Å². The molecule has 0 saturated carbocycles. The summed E-state index contributed by atoms with van der Waals surface area (Å²) in [5, 5.41) is 2.80. The van der Waals surface area contributed by atoms with Crippen LogP contribution in [-0.4, -0.2) is 20.1 Å². The molecular weight excluding hydrogens is 286 g/mol. The molecule has 4 nitrogen and oxygen atoms in total. The van der Waals surface area contributed by atoms with Crippen molar-refractivity contribution < 1.29 is 13.2 Å². The Morgan fingerprint density at radius 3 is 2.57 bits per heavy atom. The largest absolute Gasteiger partial charge is 0.322 e. The third-order valence-corrected chi connectivity index (χ3v) is 5.44. The first-order valence-electron chi connectivity index (χ1n) is 6.78. The van der Waals surface area contributed by atoms with E-state index in [9.17, 15) is 13.2 Å². The van der Waals surface area contributed by atoms with E-state index < -0.39 is 9.84 Å². The van der Waals surface area contributed by atoms with E-state index in [1.165, 1.54) is 0 Å². The maximum Gasteiger partial charge on any atom is 0.255 e. The normalized spacial score (nSPS) is 16.0. The summed E-state index contributed by atoms with van der Waals surface area (Å²) in [7, 11) is -3.15. The van der Waals surface area contributed by atoms with Crippen molar-refractivity contribution in [2.24, 2.45) is 0 Å². The minimum Gasteiger partial charge on any atom is -0.322 e. The summed E-state index contributed by atoms with van der Waals surface area (Å²) < 4.78 is 23.9. The highest BCUT2D eigenvalue weighted by Crippen LogP contribution is 2.27. The van der Waals surface area contributed by atoms with Gasteiger partial charge in [-0.05, 0) is 48.7 Å². The van der Waals surface area contributed by atoms with Crippen molar-refractivity contribution in [2.75, 3.05) is 11.1 Å². The molecule has 0 bridgehead atoms. The summed E-state index contributed by atoms with van der Waals surface area (Å²) in [6.45, 7) is 0. The van der Waals surface area contributed by atoms with Gasteiger partial charge in [-0.15, -0.1) is 0 Å². The second-order valence-corrected chi connectivity index (χ2v) is 7.14. The lowest BCUT2D eigenvalue weighted by Gasteiger charge is -2.17. The van der Waals surface area contributed by atoms with Crippen molar-refractivity contribution in [1.29, 1.82) is 0 Å². The van der Waals surface area contributed by atoms with Crippen LogP contribution in [-0.2, 0) is 16.3 Å². The van der Waals surface area contributed by atoms with Crippen LogP contribution in [0.2, 0.25) is 0 Å². The minimum absolute atomic E-state index is 0.200. The lowest BCUT2D eigenvalue weighted by molar-refractivity contribution is 0.102. The zero-order valence-corrected chi connectivity index (χ0v) is 12.2. The molecule has 0 aliphatic carbocycles. The molecule has 1 amide bonds. The third kappa shape index (κ3) is 2.83. The number of benzene rings is 2. The Bertz CT molecular complexity index is 782. The predicted octanol–water partition coefficient (Wildman–Crippen LogP) is 2.66. The standard InChI is InChI=1S/C16H15NO3S/c18-16(12-5-2-1-3-6-12)17-14-8-9-15-13(11-14)7-4-10-21(15,19)20/h1-3,5-6,8-9,11H,4,7,10H2,(H,17,18). The first-order valence-corrected chi connectivity index (χ1v) is 8.43. The first-order chi connectivity index (χ1) is 10.1. The molecule has 0 fully saturated rings. The van der Waals surface area contributed by atoms with Crippen LogP contribution in [0.15, 0.2) is 53.4 Å². The lowest BCUT2D eigenvalue weighted by atomic mass is 10.1. The quantitative estimate of drug-likeness (QED) is 0.927. The monoisotopic (exact) mass is 301 g/mol. The van der Waals surface area contributed by atoms with Crippen LogP contribution in [0.1, 0.15) is 22.3 Å². The molecule has 1 aliphatic rings. The second-order valence-electron chi connectivity index (χ2n) is 5.07. The topological polar surface area (TPSA) is 63.2 Å². The predicted molar refractivity (Wildman–Crippen MR) is 81.2 cm³/mol. The van der Waals surface area contributed by atoms with Gasteiger partial charge in [-0.3, -0.25) is 4.79 Å². The van der Waals surface area contributed by atoms with Crippen LogP contribution >= 0.6 is 0 Å². The van der Waals surface area contributed by atoms with E-state index in [1.54, 1.807) is 42.5 Å². The van der Waals surface area contributed by atoms with Gasteiger partial charge in [0.15, 0.2) is 9.84 Å². The molecular formula is C16H15NO3S. The van der Waals surface area contributed by atoms with Gasteiger partial charge in [0, 0.05) is 11.3 Å². The van der Waals surface area contributed by atoms with Gasteiger partial charge < -0.3 is 5.32 Å². The van der Waals surface area contributed by atoms with Gasteiger partial charge in [0.1, 0.15) is 0 Å². The fraction of sp³-hybridized carbons (Fsp3) is 0.188. The lowest BCUT2D eigenvalue weighted by Crippen LogP contribution is -2.17. The minimum atomic E-state index is -3.15. The number of nitrogens with one attached hydrogen (secondary N) is 1. The van der Waals surface area contributed by atoms with Crippen molar-refractivity contribution >= 4 is 21.4 Å². The fourth-order valence-electron chi connectivity index (χ4n) is 2.51. The highest BCUT2D eigenvalue weighted by atomic mass is 32.2. The summed E-state index contributed by atoms with van der Waals surface area (Å²) >= 11 is 0. The molecule has 2 aromatic rings. The molecule has 5 heteroatoms. The van der Waals surface area contributed by atoms with Crippen molar-refractivity contribution in [3.05, 3.63) is 59.7 Å². The molecule has 0 unspecified atom stereocenters. The highest BCUT2D eigenvalue weighted by molar-refractivity contribution is 7.91.